The molecule has 0 spiro atoms. The zero-order valence-corrected chi connectivity index (χ0v) is 14.5. The maximum absolute atomic E-state index is 12.7. The fraction of sp³-hybridized carbons (Fsp3) is 0.105. The smallest absolute Gasteiger partial charge is 0.265 e. The zero-order valence-electron chi connectivity index (χ0n) is 14.5. The first-order valence-electron chi connectivity index (χ1n) is 8.35. The van der Waals surface area contributed by atoms with Gasteiger partial charge in [-0.25, -0.2) is 0 Å². The number of anilines is 2. The molecule has 0 bridgehead atoms. The summed E-state index contributed by atoms with van der Waals surface area (Å²) in [5, 5.41) is 16.0. The number of aromatic nitrogens is 3. The number of nitrogens with zero attached hydrogens (tertiary/aromatic N) is 4. The van der Waals surface area contributed by atoms with Crippen molar-refractivity contribution in [3.8, 4) is 11.4 Å². The van der Waals surface area contributed by atoms with Gasteiger partial charge in [-0.05, 0) is 31.2 Å². The first kappa shape index (κ1) is 16.6. The van der Waals surface area contributed by atoms with Gasteiger partial charge in [0.1, 0.15) is 6.33 Å². The van der Waals surface area contributed by atoms with E-state index in [1.807, 2.05) is 24.3 Å². The van der Waals surface area contributed by atoms with E-state index < -0.39 is 11.8 Å². The van der Waals surface area contributed by atoms with Crippen LogP contribution in [0, 0.1) is 5.92 Å². The molecule has 1 unspecified atom stereocenters. The predicted molar refractivity (Wildman–Crippen MR) is 101 cm³/mol. The number of amides is 2. The third kappa shape index (κ3) is 3.20. The van der Waals surface area contributed by atoms with E-state index in [-0.39, 0.29) is 5.91 Å². The predicted octanol–water partition coefficient (Wildman–Crippen LogP) is 2.45. The molecule has 2 heterocycles. The number of hydrogen-bond acceptors (Lipinski definition) is 5. The number of benzene rings is 2. The topological polar surface area (TPSA) is 103 Å². The minimum Gasteiger partial charge on any atom is -0.328 e. The number of rotatable bonds is 4. The van der Waals surface area contributed by atoms with E-state index in [9.17, 15) is 9.59 Å². The molecule has 4 rings (SSSR count). The average molecular weight is 360 g/mol. The molecule has 0 aliphatic carbocycles. The molecule has 8 nitrogen and oxygen atoms in total. The number of hydrogen-bond donors (Lipinski definition) is 2. The Balaban J connectivity index is 1.53. The van der Waals surface area contributed by atoms with Crippen molar-refractivity contribution >= 4 is 28.9 Å². The Kier molecular flexibility index (Phi) is 4.21. The summed E-state index contributed by atoms with van der Waals surface area (Å²) < 4.78 is 0. The van der Waals surface area contributed by atoms with Crippen molar-refractivity contribution in [3.05, 3.63) is 60.9 Å². The van der Waals surface area contributed by atoms with Gasteiger partial charge in [0, 0.05) is 11.3 Å². The first-order valence-corrected chi connectivity index (χ1v) is 8.35. The molecule has 1 aliphatic heterocycles. The van der Waals surface area contributed by atoms with Crippen LogP contribution in [0.3, 0.4) is 0 Å². The van der Waals surface area contributed by atoms with Gasteiger partial charge >= 0.3 is 0 Å². The van der Waals surface area contributed by atoms with Crippen LogP contribution in [-0.4, -0.2) is 32.7 Å². The highest BCUT2D eigenvalue weighted by Gasteiger charge is 2.39. The molecule has 27 heavy (non-hydrogen) atoms. The van der Waals surface area contributed by atoms with Crippen LogP contribution in [0.25, 0.3) is 11.4 Å². The van der Waals surface area contributed by atoms with Crippen molar-refractivity contribution in [2.75, 3.05) is 10.3 Å². The van der Waals surface area contributed by atoms with Crippen molar-refractivity contribution in [2.45, 2.75) is 6.92 Å². The molecule has 0 saturated heterocycles. The second-order valence-corrected chi connectivity index (χ2v) is 6.07. The maximum atomic E-state index is 12.7. The van der Waals surface area contributed by atoms with Crippen LogP contribution in [0.4, 0.5) is 11.4 Å². The van der Waals surface area contributed by atoms with Gasteiger partial charge in [-0.3, -0.25) is 9.59 Å². The Bertz CT molecular complexity index is 1010. The van der Waals surface area contributed by atoms with Crippen molar-refractivity contribution < 1.29 is 9.59 Å². The highest BCUT2D eigenvalue weighted by Crippen LogP contribution is 2.25. The Labute approximate surface area is 154 Å². The largest absolute Gasteiger partial charge is 0.328 e. The fourth-order valence-corrected chi connectivity index (χ4v) is 2.93. The van der Waals surface area contributed by atoms with Gasteiger partial charge in [0.25, 0.3) is 5.91 Å². The summed E-state index contributed by atoms with van der Waals surface area (Å²) in [6.45, 7) is 1.68. The lowest BCUT2D eigenvalue weighted by Crippen LogP contribution is -2.36. The number of aromatic amines is 1. The SMILES string of the molecule is CC1=NN(c2ccccc2)C(=O)C1C(=O)Nc1cccc(-c2nnc[nH]2)c1. The molecule has 0 fully saturated rings. The zero-order chi connectivity index (χ0) is 18.8. The number of hydrazone groups is 1. The number of nitrogens with one attached hydrogen (secondary N) is 2. The van der Waals surface area contributed by atoms with Gasteiger partial charge in [0.05, 0.1) is 11.4 Å². The Morgan fingerprint density at radius 3 is 2.70 bits per heavy atom. The average Bonchev–Trinajstić information content (AvgIpc) is 3.31. The van der Waals surface area contributed by atoms with Crippen molar-refractivity contribution in [2.24, 2.45) is 11.0 Å². The first-order chi connectivity index (χ1) is 13.1. The third-order valence-electron chi connectivity index (χ3n) is 4.21. The summed E-state index contributed by atoms with van der Waals surface area (Å²) in [6.07, 6.45) is 1.48. The quantitative estimate of drug-likeness (QED) is 0.698. The summed E-state index contributed by atoms with van der Waals surface area (Å²) in [5.41, 5.74) is 2.42. The maximum Gasteiger partial charge on any atom is 0.265 e. The summed E-state index contributed by atoms with van der Waals surface area (Å²) >= 11 is 0. The van der Waals surface area contributed by atoms with Crippen molar-refractivity contribution in [3.63, 3.8) is 0 Å². The summed E-state index contributed by atoms with van der Waals surface area (Å²) in [7, 11) is 0. The van der Waals surface area contributed by atoms with E-state index in [0.29, 0.717) is 22.9 Å². The second-order valence-electron chi connectivity index (χ2n) is 6.07. The van der Waals surface area contributed by atoms with E-state index in [0.717, 1.165) is 5.56 Å². The molecule has 0 saturated carbocycles. The molecule has 2 N–H and O–H groups in total. The molecule has 3 aromatic rings. The highest BCUT2D eigenvalue weighted by atomic mass is 16.2. The minimum absolute atomic E-state index is 0.373. The molecule has 1 atom stereocenters. The Morgan fingerprint density at radius 1 is 1.15 bits per heavy atom. The van der Waals surface area contributed by atoms with E-state index >= 15 is 0 Å². The van der Waals surface area contributed by atoms with Crippen LogP contribution in [0.1, 0.15) is 6.92 Å². The van der Waals surface area contributed by atoms with Crippen LogP contribution in [0.15, 0.2) is 66.0 Å². The molecule has 1 aliphatic rings. The second kappa shape index (κ2) is 6.83. The van der Waals surface area contributed by atoms with Crippen LogP contribution in [-0.2, 0) is 9.59 Å². The lowest BCUT2D eigenvalue weighted by Gasteiger charge is -2.14. The molecular formula is C19H16N6O2. The van der Waals surface area contributed by atoms with Crippen molar-refractivity contribution in [1.82, 2.24) is 15.2 Å². The molecular weight excluding hydrogens is 344 g/mol. The monoisotopic (exact) mass is 360 g/mol. The van der Waals surface area contributed by atoms with Gasteiger partial charge in [-0.2, -0.15) is 10.1 Å². The normalized spacial score (nSPS) is 16.3. The Hall–Kier alpha value is -3.81. The summed E-state index contributed by atoms with van der Waals surface area (Å²) in [4.78, 5) is 28.4. The molecule has 1 aromatic heterocycles. The van der Waals surface area contributed by atoms with Gasteiger partial charge < -0.3 is 10.3 Å². The molecule has 2 aromatic carbocycles. The lowest BCUT2D eigenvalue weighted by atomic mass is 10.0. The van der Waals surface area contributed by atoms with Crippen LogP contribution in [0.2, 0.25) is 0 Å². The highest BCUT2D eigenvalue weighted by molar-refractivity contribution is 6.28. The molecule has 2 amide bonds. The van der Waals surface area contributed by atoms with E-state index in [1.54, 1.807) is 37.3 Å². The number of carbonyl (C=O) groups excluding carboxylic acids is 2. The Morgan fingerprint density at radius 2 is 1.96 bits per heavy atom. The number of para-hydroxylation sites is 1. The lowest BCUT2D eigenvalue weighted by molar-refractivity contribution is -0.127. The molecule has 8 heteroatoms. The minimum atomic E-state index is -0.959. The summed E-state index contributed by atoms with van der Waals surface area (Å²) in [6, 6.07) is 16.2. The van der Waals surface area contributed by atoms with Gasteiger partial charge in [-0.1, -0.05) is 30.3 Å². The van der Waals surface area contributed by atoms with E-state index in [4.69, 9.17) is 0 Å². The standard InChI is InChI=1S/C19H16N6O2/c1-12-16(19(27)25(24-12)15-8-3-2-4-9-15)18(26)22-14-7-5-6-13(10-14)17-20-11-21-23-17/h2-11,16H,1H3,(H,22,26)(H,20,21,23). The molecule has 0 radical (unpaired) electrons. The molecule has 134 valence electrons. The number of carbonyl (C=O) groups is 2. The summed E-state index contributed by atoms with van der Waals surface area (Å²) in [5.74, 6) is -1.16. The van der Waals surface area contributed by atoms with Gasteiger partial charge in [0.2, 0.25) is 5.91 Å². The van der Waals surface area contributed by atoms with Gasteiger partial charge in [-0.15, -0.1) is 10.2 Å². The van der Waals surface area contributed by atoms with E-state index in [2.05, 4.69) is 25.6 Å². The fourth-order valence-electron chi connectivity index (χ4n) is 2.93. The van der Waals surface area contributed by atoms with Crippen LogP contribution >= 0.6 is 0 Å². The van der Waals surface area contributed by atoms with Crippen molar-refractivity contribution in [1.29, 1.82) is 0 Å². The number of H-pyrrole nitrogens is 1. The van der Waals surface area contributed by atoms with Crippen LogP contribution < -0.4 is 10.3 Å². The van der Waals surface area contributed by atoms with Crippen LogP contribution in [0.5, 0.6) is 0 Å². The third-order valence-corrected chi connectivity index (χ3v) is 4.21. The van der Waals surface area contributed by atoms with E-state index in [1.165, 1.54) is 11.3 Å². The van der Waals surface area contributed by atoms with Gasteiger partial charge in [0.15, 0.2) is 11.7 Å².